The molecule has 3 aromatic heterocycles. The highest BCUT2D eigenvalue weighted by molar-refractivity contribution is 7.16. The van der Waals surface area contributed by atoms with E-state index in [9.17, 15) is 9.59 Å². The third kappa shape index (κ3) is 2.70. The van der Waals surface area contributed by atoms with E-state index in [-0.39, 0.29) is 11.1 Å². The van der Waals surface area contributed by atoms with Crippen LogP contribution in [0.2, 0.25) is 0 Å². The van der Waals surface area contributed by atoms with Crippen LogP contribution >= 0.6 is 11.3 Å². The second-order valence-corrected chi connectivity index (χ2v) is 5.80. The first-order chi connectivity index (χ1) is 10.1. The van der Waals surface area contributed by atoms with Gasteiger partial charge < -0.3 is 5.32 Å². The highest BCUT2D eigenvalue weighted by atomic mass is 32.1. The first-order valence-electron chi connectivity index (χ1n) is 6.39. The highest BCUT2D eigenvalue weighted by Gasteiger charge is 2.14. The molecule has 0 saturated heterocycles. The van der Waals surface area contributed by atoms with Crippen molar-refractivity contribution >= 4 is 22.2 Å². The summed E-state index contributed by atoms with van der Waals surface area (Å²) < 4.78 is 1.41. The van der Waals surface area contributed by atoms with E-state index in [1.54, 1.807) is 18.6 Å². The highest BCUT2D eigenvalue weighted by Crippen LogP contribution is 2.12. The largest absolute Gasteiger partial charge is 0.351 e. The molecule has 0 aromatic carbocycles. The minimum absolute atomic E-state index is 0.0532. The van der Waals surface area contributed by atoms with Crippen molar-refractivity contribution in [2.24, 2.45) is 0 Å². The summed E-state index contributed by atoms with van der Waals surface area (Å²) in [5.41, 5.74) is 0.705. The molecule has 0 aliphatic heterocycles. The second kappa shape index (κ2) is 5.49. The lowest BCUT2D eigenvalue weighted by atomic mass is 10.2. The van der Waals surface area contributed by atoms with Gasteiger partial charge in [-0.25, -0.2) is 4.98 Å². The maximum absolute atomic E-state index is 12.2. The molecular formula is C13H13N5O2S. The van der Waals surface area contributed by atoms with Crippen molar-refractivity contribution < 1.29 is 4.79 Å². The third-order valence-corrected chi connectivity index (χ3v) is 3.93. The van der Waals surface area contributed by atoms with E-state index in [2.05, 4.69) is 20.5 Å². The molecule has 21 heavy (non-hydrogen) atoms. The molecule has 3 rings (SSSR count). The Hall–Kier alpha value is -2.48. The Kier molecular flexibility index (Phi) is 3.53. The van der Waals surface area contributed by atoms with Crippen molar-refractivity contribution in [3.05, 3.63) is 51.1 Å². The van der Waals surface area contributed by atoms with Gasteiger partial charge in [0.2, 0.25) is 0 Å². The number of aryl methyl sites for hydroxylation is 1. The molecule has 1 amide bonds. The predicted octanol–water partition coefficient (Wildman–Crippen LogP) is 0.760. The third-order valence-electron chi connectivity index (χ3n) is 3.02. The lowest BCUT2D eigenvalue weighted by molar-refractivity contribution is 0.0952. The van der Waals surface area contributed by atoms with Crippen molar-refractivity contribution in [2.75, 3.05) is 6.54 Å². The normalized spacial score (nSPS) is 10.9. The lowest BCUT2D eigenvalue weighted by Crippen LogP contribution is -2.32. The van der Waals surface area contributed by atoms with Crippen LogP contribution in [0, 0.1) is 6.92 Å². The van der Waals surface area contributed by atoms with Crippen molar-refractivity contribution in [1.29, 1.82) is 0 Å². The van der Waals surface area contributed by atoms with E-state index in [1.807, 2.05) is 6.92 Å². The zero-order valence-electron chi connectivity index (χ0n) is 11.3. The van der Waals surface area contributed by atoms with Gasteiger partial charge in [0.15, 0.2) is 4.96 Å². The Morgan fingerprint density at radius 3 is 3.10 bits per heavy atom. The average molecular weight is 303 g/mol. The number of amides is 1. The molecule has 0 fully saturated rings. The van der Waals surface area contributed by atoms with E-state index in [4.69, 9.17) is 0 Å². The van der Waals surface area contributed by atoms with Gasteiger partial charge in [-0.3, -0.25) is 19.1 Å². The van der Waals surface area contributed by atoms with Crippen LogP contribution in [0.5, 0.6) is 0 Å². The first kappa shape index (κ1) is 13.5. The van der Waals surface area contributed by atoms with Gasteiger partial charge >= 0.3 is 0 Å². The number of nitrogens with zero attached hydrogens (tertiary/aromatic N) is 3. The molecule has 3 heterocycles. The molecular weight excluding hydrogens is 290 g/mol. The Morgan fingerprint density at radius 2 is 2.33 bits per heavy atom. The number of rotatable bonds is 4. The molecule has 0 atom stereocenters. The van der Waals surface area contributed by atoms with Crippen LogP contribution in [0.15, 0.2) is 29.6 Å². The molecule has 0 aliphatic rings. The van der Waals surface area contributed by atoms with E-state index < -0.39 is 5.91 Å². The van der Waals surface area contributed by atoms with E-state index in [0.29, 0.717) is 17.9 Å². The number of carbonyl (C=O) groups is 1. The number of carbonyl (C=O) groups excluding carboxylic acids is 1. The number of nitrogens with one attached hydrogen (secondary N) is 2. The number of hydrogen-bond donors (Lipinski definition) is 2. The van der Waals surface area contributed by atoms with Crippen molar-refractivity contribution in [3.8, 4) is 0 Å². The van der Waals surface area contributed by atoms with Gasteiger partial charge in [-0.1, -0.05) is 0 Å². The average Bonchev–Trinajstić information content (AvgIpc) is 3.08. The molecule has 3 aromatic rings. The standard InChI is InChI=1S/C13H13N5O2S/c1-8-7-18-12(20)10(6-15-13(18)21-8)11(19)14-3-2-9-4-16-17-5-9/h4-7H,2-3H2,1H3,(H,14,19)(H,16,17). The topological polar surface area (TPSA) is 92.1 Å². The zero-order valence-corrected chi connectivity index (χ0v) is 12.1. The predicted molar refractivity (Wildman–Crippen MR) is 78.7 cm³/mol. The molecule has 7 nitrogen and oxygen atoms in total. The summed E-state index contributed by atoms with van der Waals surface area (Å²) in [6.45, 7) is 2.33. The van der Waals surface area contributed by atoms with Gasteiger partial charge in [0.1, 0.15) is 5.56 Å². The molecule has 0 unspecified atom stereocenters. The van der Waals surface area contributed by atoms with Gasteiger partial charge in [-0.05, 0) is 18.9 Å². The maximum Gasteiger partial charge on any atom is 0.271 e. The second-order valence-electron chi connectivity index (χ2n) is 4.58. The molecule has 2 N–H and O–H groups in total. The number of fused-ring (bicyclic) bond motifs is 1. The van der Waals surface area contributed by atoms with Crippen molar-refractivity contribution in [2.45, 2.75) is 13.3 Å². The fourth-order valence-electron chi connectivity index (χ4n) is 1.98. The summed E-state index contributed by atoms with van der Waals surface area (Å²) >= 11 is 1.41. The van der Waals surface area contributed by atoms with E-state index >= 15 is 0 Å². The van der Waals surface area contributed by atoms with Crippen LogP contribution in [-0.2, 0) is 6.42 Å². The summed E-state index contributed by atoms with van der Waals surface area (Å²) in [5, 5.41) is 9.25. The molecule has 0 aliphatic carbocycles. The number of hydrogen-bond acceptors (Lipinski definition) is 5. The monoisotopic (exact) mass is 303 g/mol. The summed E-state index contributed by atoms with van der Waals surface area (Å²) in [4.78, 5) is 30.0. The number of aromatic nitrogens is 4. The summed E-state index contributed by atoms with van der Waals surface area (Å²) in [5.74, 6) is -0.408. The maximum atomic E-state index is 12.2. The van der Waals surface area contributed by atoms with Crippen LogP contribution in [0.25, 0.3) is 4.96 Å². The van der Waals surface area contributed by atoms with Crippen molar-refractivity contribution in [3.63, 3.8) is 0 Å². The van der Waals surface area contributed by atoms with Crippen LogP contribution < -0.4 is 10.9 Å². The Labute approximate surface area is 123 Å². The number of H-pyrrole nitrogens is 1. The molecule has 0 spiro atoms. The molecule has 0 bridgehead atoms. The van der Waals surface area contributed by atoms with Gasteiger partial charge in [-0.2, -0.15) is 5.10 Å². The van der Waals surface area contributed by atoms with Gasteiger partial charge in [0.25, 0.3) is 11.5 Å². The quantitative estimate of drug-likeness (QED) is 0.744. The summed E-state index contributed by atoms with van der Waals surface area (Å²) in [6.07, 6.45) is 7.14. The van der Waals surface area contributed by atoms with Crippen LogP contribution in [0.4, 0.5) is 0 Å². The van der Waals surface area contributed by atoms with Crippen molar-refractivity contribution in [1.82, 2.24) is 24.9 Å². The van der Waals surface area contributed by atoms with Gasteiger partial charge in [0, 0.05) is 30.0 Å². The lowest BCUT2D eigenvalue weighted by Gasteiger charge is -2.03. The van der Waals surface area contributed by atoms with E-state index in [0.717, 1.165) is 10.4 Å². The Bertz CT molecular complexity index is 834. The molecule has 108 valence electrons. The SMILES string of the molecule is Cc1cn2c(=O)c(C(=O)NCCc3cn[nH]c3)cnc2s1. The number of aromatic amines is 1. The number of thiazole rings is 1. The van der Waals surface area contributed by atoms with Crippen LogP contribution in [0.1, 0.15) is 20.8 Å². The smallest absolute Gasteiger partial charge is 0.271 e. The summed E-state index contributed by atoms with van der Waals surface area (Å²) in [7, 11) is 0. The summed E-state index contributed by atoms with van der Waals surface area (Å²) in [6, 6.07) is 0. The minimum Gasteiger partial charge on any atom is -0.351 e. The zero-order chi connectivity index (χ0) is 14.8. The first-order valence-corrected chi connectivity index (χ1v) is 7.20. The molecule has 0 radical (unpaired) electrons. The Morgan fingerprint density at radius 1 is 1.48 bits per heavy atom. The molecule has 0 saturated carbocycles. The van der Waals surface area contributed by atoms with Gasteiger partial charge in [-0.15, -0.1) is 11.3 Å². The fraction of sp³-hybridized carbons (Fsp3) is 0.231. The fourth-order valence-corrected chi connectivity index (χ4v) is 2.77. The van der Waals surface area contributed by atoms with Crippen LogP contribution in [0.3, 0.4) is 0 Å². The minimum atomic E-state index is -0.408. The molecule has 8 heteroatoms. The van der Waals surface area contributed by atoms with E-state index in [1.165, 1.54) is 21.9 Å². The Balaban J connectivity index is 1.75. The van der Waals surface area contributed by atoms with Crippen LogP contribution in [-0.4, -0.2) is 32.0 Å². The van der Waals surface area contributed by atoms with Gasteiger partial charge in [0.05, 0.1) is 6.20 Å².